The molecule has 1 amide bonds. The van der Waals surface area contributed by atoms with Gasteiger partial charge in [0.05, 0.1) is 6.61 Å². The van der Waals surface area contributed by atoms with Crippen LogP contribution in [0.15, 0.2) is 76.2 Å². The van der Waals surface area contributed by atoms with Crippen LogP contribution in [-0.4, -0.2) is 48.3 Å². The van der Waals surface area contributed by atoms with E-state index in [1.807, 2.05) is 36.4 Å². The smallest absolute Gasteiger partial charge is 0.266 e. The van der Waals surface area contributed by atoms with Crippen LogP contribution in [0, 0.1) is 11.6 Å². The molecule has 10 heteroatoms. The average molecular weight is 602 g/mol. The number of benzene rings is 3. The van der Waals surface area contributed by atoms with E-state index in [2.05, 4.69) is 26.8 Å². The van der Waals surface area contributed by atoms with Gasteiger partial charge in [-0.05, 0) is 66.9 Å². The highest BCUT2D eigenvalue weighted by atomic mass is 79.9. The van der Waals surface area contributed by atoms with Crippen molar-refractivity contribution in [3.63, 3.8) is 0 Å². The zero-order valence-corrected chi connectivity index (χ0v) is 23.0. The van der Waals surface area contributed by atoms with Crippen molar-refractivity contribution in [1.82, 2.24) is 10.9 Å². The predicted molar refractivity (Wildman–Crippen MR) is 148 cm³/mol. The van der Waals surface area contributed by atoms with Gasteiger partial charge in [0.2, 0.25) is 5.90 Å². The Morgan fingerprint density at radius 2 is 1.85 bits per heavy atom. The van der Waals surface area contributed by atoms with Gasteiger partial charge in [0, 0.05) is 42.1 Å². The Morgan fingerprint density at radius 3 is 2.54 bits per heavy atom. The fourth-order valence-electron chi connectivity index (χ4n) is 4.29. The predicted octanol–water partition coefficient (Wildman–Crippen LogP) is 4.50. The number of aliphatic hydroxyl groups is 1. The van der Waals surface area contributed by atoms with Crippen molar-refractivity contribution < 1.29 is 28.2 Å². The third kappa shape index (κ3) is 7.20. The molecule has 3 aromatic carbocycles. The van der Waals surface area contributed by atoms with Crippen LogP contribution >= 0.6 is 15.9 Å². The number of nitrogens with one attached hydrogen (secondary N) is 2. The molecule has 3 N–H and O–H groups in total. The molecule has 2 atom stereocenters. The lowest BCUT2D eigenvalue weighted by Crippen LogP contribution is -2.56. The fraction of sp³-hybridized carbons (Fsp3) is 0.310. The zero-order chi connectivity index (χ0) is 27.8. The summed E-state index contributed by atoms with van der Waals surface area (Å²) in [4.78, 5) is 18.5. The molecule has 7 nitrogen and oxygen atoms in total. The first-order chi connectivity index (χ1) is 18.8. The van der Waals surface area contributed by atoms with E-state index in [4.69, 9.17) is 19.6 Å². The van der Waals surface area contributed by atoms with Gasteiger partial charge in [-0.2, -0.15) is 0 Å². The Hall–Kier alpha value is -3.34. The van der Waals surface area contributed by atoms with Gasteiger partial charge in [-0.15, -0.1) is 0 Å². The Morgan fingerprint density at radius 1 is 1.13 bits per heavy atom. The quantitative estimate of drug-likeness (QED) is 0.210. The number of amides is 1. The fourth-order valence-corrected chi connectivity index (χ4v) is 4.71. The van der Waals surface area contributed by atoms with Gasteiger partial charge < -0.3 is 14.6 Å². The molecule has 0 saturated heterocycles. The minimum absolute atomic E-state index is 0.0561. The van der Waals surface area contributed by atoms with E-state index in [-0.39, 0.29) is 19.6 Å². The largest absolute Gasteiger partial charge is 0.494 e. The summed E-state index contributed by atoms with van der Waals surface area (Å²) in [6, 6.07) is 18.1. The number of aliphatic hydroxyl groups excluding tert-OH is 1. The van der Waals surface area contributed by atoms with E-state index in [1.54, 1.807) is 19.1 Å². The van der Waals surface area contributed by atoms with Gasteiger partial charge in [-0.25, -0.2) is 19.2 Å². The second-order valence-corrected chi connectivity index (χ2v) is 10.1. The Balaban J connectivity index is 1.52. The van der Waals surface area contributed by atoms with Gasteiger partial charge in [0.25, 0.3) is 5.91 Å². The number of halogens is 3. The standard InChI is InChI=1S/C29H30BrF2N3O4/c1-19-29(18-22-5-2-3-6-26(22)30,28(37)35-33-12-11-20-15-23(31)17-24(32)16-20)34-27(39-19)21-7-9-25(10-8-21)38-14-4-13-36/h2-3,5-10,15-17,19,33,36H,4,11-14,18H2,1H3,(H,35,37)/t19-,29-/m0/s1. The molecule has 1 heterocycles. The second-order valence-electron chi connectivity index (χ2n) is 9.23. The number of hydrogen-bond donors (Lipinski definition) is 3. The number of aliphatic imine (C=N–C) groups is 1. The first-order valence-electron chi connectivity index (χ1n) is 12.6. The molecule has 3 aromatic rings. The lowest BCUT2D eigenvalue weighted by molar-refractivity contribution is -0.129. The average Bonchev–Trinajstić information content (AvgIpc) is 3.24. The van der Waals surface area contributed by atoms with Crippen molar-refractivity contribution in [1.29, 1.82) is 0 Å². The molecular formula is C29H30BrF2N3O4. The summed E-state index contributed by atoms with van der Waals surface area (Å²) >= 11 is 3.56. The van der Waals surface area contributed by atoms with Crippen LogP contribution in [0.3, 0.4) is 0 Å². The van der Waals surface area contributed by atoms with Crippen LogP contribution in [0.4, 0.5) is 8.78 Å². The van der Waals surface area contributed by atoms with Crippen LogP contribution in [0.1, 0.15) is 30.0 Å². The van der Waals surface area contributed by atoms with Gasteiger partial charge in [-0.1, -0.05) is 34.1 Å². The molecule has 1 aliphatic rings. The van der Waals surface area contributed by atoms with E-state index in [9.17, 15) is 13.6 Å². The minimum Gasteiger partial charge on any atom is -0.494 e. The normalized spacial score (nSPS) is 18.4. The van der Waals surface area contributed by atoms with E-state index in [1.165, 1.54) is 12.1 Å². The number of hydrogen-bond acceptors (Lipinski definition) is 6. The summed E-state index contributed by atoms with van der Waals surface area (Å²) < 4.78 is 39.6. The van der Waals surface area contributed by atoms with Crippen molar-refractivity contribution in [2.24, 2.45) is 4.99 Å². The highest BCUT2D eigenvalue weighted by Gasteiger charge is 2.50. The molecule has 0 fully saturated rings. The number of nitrogens with zero attached hydrogens (tertiary/aromatic N) is 1. The van der Waals surface area contributed by atoms with Crippen molar-refractivity contribution in [2.45, 2.75) is 37.8 Å². The third-order valence-electron chi connectivity index (χ3n) is 6.41. The molecule has 0 radical (unpaired) electrons. The topological polar surface area (TPSA) is 92.2 Å². The zero-order valence-electron chi connectivity index (χ0n) is 21.4. The maximum absolute atomic E-state index is 13.7. The summed E-state index contributed by atoms with van der Waals surface area (Å²) in [6.07, 6.45) is 0.512. The molecule has 0 aromatic heterocycles. The molecule has 1 aliphatic heterocycles. The highest BCUT2D eigenvalue weighted by molar-refractivity contribution is 9.10. The second kappa shape index (κ2) is 13.1. The first-order valence-corrected chi connectivity index (χ1v) is 13.4. The van der Waals surface area contributed by atoms with Crippen LogP contribution in [0.25, 0.3) is 0 Å². The number of ether oxygens (including phenoxy) is 2. The van der Waals surface area contributed by atoms with Crippen molar-refractivity contribution in [3.8, 4) is 5.75 Å². The molecule has 0 unspecified atom stereocenters. The maximum atomic E-state index is 13.7. The Labute approximate surface area is 234 Å². The van der Waals surface area contributed by atoms with Crippen LogP contribution in [0.5, 0.6) is 5.75 Å². The van der Waals surface area contributed by atoms with Gasteiger partial charge >= 0.3 is 0 Å². The molecule has 0 aliphatic carbocycles. The maximum Gasteiger partial charge on any atom is 0.266 e. The molecular weight excluding hydrogens is 572 g/mol. The van der Waals surface area contributed by atoms with Crippen molar-refractivity contribution >= 4 is 27.7 Å². The van der Waals surface area contributed by atoms with Gasteiger partial charge in [0.15, 0.2) is 5.54 Å². The number of carbonyl (C=O) groups excluding carboxylic acids is 1. The van der Waals surface area contributed by atoms with E-state index >= 15 is 0 Å². The molecule has 0 saturated carbocycles. The summed E-state index contributed by atoms with van der Waals surface area (Å²) in [5.41, 5.74) is 6.36. The Bertz CT molecular complexity index is 1300. The first kappa shape index (κ1) is 28.7. The Kier molecular flexibility index (Phi) is 9.66. The lowest BCUT2D eigenvalue weighted by atomic mass is 9.86. The summed E-state index contributed by atoms with van der Waals surface area (Å²) in [7, 11) is 0. The summed E-state index contributed by atoms with van der Waals surface area (Å²) in [5.74, 6) is -0.703. The monoisotopic (exact) mass is 601 g/mol. The van der Waals surface area contributed by atoms with Crippen molar-refractivity contribution in [2.75, 3.05) is 19.8 Å². The SMILES string of the molecule is C[C@@H]1OC(c2ccc(OCCCO)cc2)=N[C@]1(Cc1ccccc1Br)C(=O)NNCCc1cc(F)cc(F)c1. The van der Waals surface area contributed by atoms with Crippen LogP contribution < -0.4 is 15.6 Å². The van der Waals surface area contributed by atoms with E-state index < -0.39 is 29.2 Å². The molecule has 39 heavy (non-hydrogen) atoms. The van der Waals surface area contributed by atoms with Gasteiger partial charge in [-0.3, -0.25) is 10.2 Å². The highest BCUT2D eigenvalue weighted by Crippen LogP contribution is 2.34. The van der Waals surface area contributed by atoms with E-state index in [0.29, 0.717) is 42.2 Å². The van der Waals surface area contributed by atoms with Gasteiger partial charge in [0.1, 0.15) is 23.5 Å². The number of hydrazine groups is 1. The summed E-state index contributed by atoms with van der Waals surface area (Å²) in [6.45, 7) is 2.51. The lowest BCUT2D eigenvalue weighted by Gasteiger charge is -2.28. The minimum atomic E-state index is -1.28. The number of rotatable bonds is 12. The van der Waals surface area contributed by atoms with Crippen LogP contribution in [0.2, 0.25) is 0 Å². The molecule has 4 rings (SSSR count). The summed E-state index contributed by atoms with van der Waals surface area (Å²) in [5, 5.41) is 8.93. The third-order valence-corrected chi connectivity index (χ3v) is 7.18. The van der Waals surface area contributed by atoms with E-state index in [0.717, 1.165) is 16.1 Å². The molecule has 0 bridgehead atoms. The van der Waals surface area contributed by atoms with Crippen LogP contribution in [-0.2, 0) is 22.4 Å². The van der Waals surface area contributed by atoms with Crippen molar-refractivity contribution in [3.05, 3.63) is 99.5 Å². The molecule has 0 spiro atoms. The number of carbonyl (C=O) groups is 1. The molecule has 206 valence electrons.